The van der Waals surface area contributed by atoms with Crippen LogP contribution in [0.2, 0.25) is 0 Å². The van der Waals surface area contributed by atoms with E-state index in [1.54, 1.807) is 43.2 Å². The van der Waals surface area contributed by atoms with Crippen molar-refractivity contribution in [3.8, 4) is 6.07 Å². The van der Waals surface area contributed by atoms with Crippen molar-refractivity contribution in [2.45, 2.75) is 63.6 Å². The van der Waals surface area contributed by atoms with Crippen molar-refractivity contribution >= 4 is 17.3 Å². The van der Waals surface area contributed by atoms with Gasteiger partial charge >= 0.3 is 0 Å². The molecule has 0 bridgehead atoms. The molecular formula is C30H32F2N2O5. The summed E-state index contributed by atoms with van der Waals surface area (Å²) >= 11 is 0. The van der Waals surface area contributed by atoms with Gasteiger partial charge in [0.05, 0.1) is 30.0 Å². The van der Waals surface area contributed by atoms with E-state index in [2.05, 4.69) is 6.07 Å². The van der Waals surface area contributed by atoms with Crippen LogP contribution >= 0.6 is 0 Å². The lowest BCUT2D eigenvalue weighted by Crippen LogP contribution is -2.73. The fourth-order valence-corrected chi connectivity index (χ4v) is 9.18. The van der Waals surface area contributed by atoms with Crippen molar-refractivity contribution in [3.05, 3.63) is 53.6 Å². The minimum Gasteiger partial charge on any atom is -0.390 e. The molecule has 206 valence electrons. The summed E-state index contributed by atoms with van der Waals surface area (Å²) in [5.41, 5.74) is -6.41. The molecule has 0 unspecified atom stereocenters. The number of hydrogen-bond acceptors (Lipinski definition) is 7. The van der Waals surface area contributed by atoms with E-state index in [0.29, 0.717) is 17.7 Å². The van der Waals surface area contributed by atoms with Crippen LogP contribution in [0.1, 0.15) is 45.6 Å². The van der Waals surface area contributed by atoms with Gasteiger partial charge in [0.2, 0.25) is 0 Å². The number of anilines is 1. The molecule has 5 aliphatic rings. The van der Waals surface area contributed by atoms with E-state index in [-0.39, 0.29) is 25.0 Å². The molecule has 4 aliphatic carbocycles. The molecule has 1 aromatic rings. The number of allylic oxidation sites excluding steroid dienone is 4. The van der Waals surface area contributed by atoms with Crippen LogP contribution in [-0.4, -0.2) is 58.5 Å². The highest BCUT2D eigenvalue weighted by Crippen LogP contribution is 2.77. The van der Waals surface area contributed by atoms with Gasteiger partial charge in [-0.1, -0.05) is 19.9 Å². The summed E-state index contributed by atoms with van der Waals surface area (Å²) in [7, 11) is 0. The number of hydrogen-bond donors (Lipinski definition) is 2. The Morgan fingerprint density at radius 3 is 2.56 bits per heavy atom. The number of nitriles is 1. The van der Waals surface area contributed by atoms with Crippen LogP contribution in [0, 0.1) is 39.4 Å². The molecule has 0 aromatic heterocycles. The van der Waals surface area contributed by atoms with Gasteiger partial charge in [0.1, 0.15) is 12.8 Å². The maximum absolute atomic E-state index is 17.7. The van der Waals surface area contributed by atoms with Gasteiger partial charge in [-0.15, -0.1) is 0 Å². The van der Waals surface area contributed by atoms with E-state index in [9.17, 15) is 19.8 Å². The zero-order valence-electron chi connectivity index (χ0n) is 22.2. The second-order valence-corrected chi connectivity index (χ2v) is 12.6. The van der Waals surface area contributed by atoms with E-state index >= 15 is 8.78 Å². The van der Waals surface area contributed by atoms with E-state index in [1.807, 2.05) is 6.92 Å². The number of aliphatic hydroxyl groups excluding tert-OH is 2. The Labute approximate surface area is 225 Å². The number of rotatable bonds is 3. The minimum atomic E-state index is -2.29. The van der Waals surface area contributed by atoms with Crippen LogP contribution in [0.5, 0.6) is 0 Å². The van der Waals surface area contributed by atoms with E-state index in [0.717, 1.165) is 6.08 Å². The van der Waals surface area contributed by atoms with Crippen molar-refractivity contribution < 1.29 is 33.4 Å². The molecule has 0 spiro atoms. The Morgan fingerprint density at radius 1 is 1.23 bits per heavy atom. The van der Waals surface area contributed by atoms with Gasteiger partial charge in [-0.05, 0) is 73.6 Å². The van der Waals surface area contributed by atoms with E-state index < -0.39 is 69.8 Å². The topological polar surface area (TPSA) is 111 Å². The fraction of sp³-hybridized carbons (Fsp3) is 0.567. The Balaban J connectivity index is 1.47. The third kappa shape index (κ3) is 2.90. The summed E-state index contributed by atoms with van der Waals surface area (Å²) in [6.45, 7) is 4.67. The van der Waals surface area contributed by atoms with Crippen LogP contribution < -0.4 is 5.06 Å². The van der Waals surface area contributed by atoms with Crippen LogP contribution in [0.3, 0.4) is 0 Å². The highest BCUT2D eigenvalue weighted by molar-refractivity contribution is 6.01. The Hall–Kier alpha value is -2.93. The summed E-state index contributed by atoms with van der Waals surface area (Å²) in [4.78, 5) is 32.3. The van der Waals surface area contributed by atoms with Gasteiger partial charge in [0, 0.05) is 22.7 Å². The lowest BCUT2D eigenvalue weighted by Gasteiger charge is -2.67. The molecule has 9 heteroatoms. The highest BCUT2D eigenvalue weighted by Gasteiger charge is 2.83. The smallest absolute Gasteiger partial charge is 0.193 e. The van der Waals surface area contributed by atoms with Gasteiger partial charge in [0.25, 0.3) is 0 Å². The molecule has 4 fully saturated rings. The summed E-state index contributed by atoms with van der Waals surface area (Å²) < 4.78 is 33.5. The maximum atomic E-state index is 17.7. The van der Waals surface area contributed by atoms with Gasteiger partial charge in [-0.25, -0.2) is 8.78 Å². The molecule has 2 N–H and O–H groups in total. The summed E-state index contributed by atoms with van der Waals surface area (Å²) in [6.07, 6.45) is 0.533. The van der Waals surface area contributed by atoms with Crippen molar-refractivity contribution in [1.29, 1.82) is 5.26 Å². The first-order valence-corrected chi connectivity index (χ1v) is 13.4. The Kier molecular flexibility index (Phi) is 5.44. The standard InChI is InChI=1S/C30H32F2N2O5/c1-26-9-8-20(36)10-21(26)22(31)11-23-27(2)12-18-15-34(19-6-4-17(14-33)5-7-19)39-30(18,25(38)16-35)28(27,3)13-24(37)29(23,26)32/h4-10,18,22-24,35,37H,11-13,15-16H2,1-3H3/t18-,22-,23-,24-,26-,27-,28-,29-,30-/m0/s1. The highest BCUT2D eigenvalue weighted by atomic mass is 19.1. The van der Waals surface area contributed by atoms with Crippen molar-refractivity contribution in [2.75, 3.05) is 18.2 Å². The predicted octanol–water partition coefficient (Wildman–Crippen LogP) is 3.55. The summed E-state index contributed by atoms with van der Waals surface area (Å²) in [5.74, 6) is -2.43. The second-order valence-electron chi connectivity index (χ2n) is 12.6. The average Bonchev–Trinajstić information content (AvgIpc) is 3.38. The number of halogens is 2. The van der Waals surface area contributed by atoms with Gasteiger partial charge in [0.15, 0.2) is 22.8 Å². The van der Waals surface area contributed by atoms with E-state index in [4.69, 9.17) is 10.1 Å². The number of carbonyl (C=O) groups excluding carboxylic acids is 2. The third-order valence-corrected chi connectivity index (χ3v) is 11.2. The number of hydroxylamine groups is 1. The normalized spacial score (nSPS) is 46.1. The molecule has 1 saturated heterocycles. The molecule has 0 radical (unpaired) electrons. The minimum absolute atomic E-state index is 0.0441. The first-order valence-electron chi connectivity index (χ1n) is 13.4. The molecule has 3 saturated carbocycles. The number of fused-ring (bicyclic) bond motifs is 7. The van der Waals surface area contributed by atoms with Gasteiger partial charge < -0.3 is 10.2 Å². The molecule has 1 aliphatic heterocycles. The number of nitrogens with zero attached hydrogens (tertiary/aromatic N) is 2. The zero-order valence-corrected chi connectivity index (χ0v) is 22.2. The van der Waals surface area contributed by atoms with Crippen LogP contribution in [0.25, 0.3) is 0 Å². The number of aliphatic hydroxyl groups is 2. The first kappa shape index (κ1) is 26.3. The second kappa shape index (κ2) is 8.06. The molecule has 39 heavy (non-hydrogen) atoms. The SMILES string of the molecule is C[C@]12C[C@H](O)[C@@]3(F)[C@@H](C[C@H](F)C4=CC(=O)C=C[C@@]43C)[C@]1(C)C[C@H]1CN(c3ccc(C#N)cc3)O[C@]12C(=O)CO. The lowest BCUT2D eigenvalue weighted by molar-refractivity contribution is -0.256. The fourth-order valence-electron chi connectivity index (χ4n) is 9.18. The Morgan fingerprint density at radius 2 is 1.92 bits per heavy atom. The predicted molar refractivity (Wildman–Crippen MR) is 137 cm³/mol. The molecule has 6 rings (SSSR count). The van der Waals surface area contributed by atoms with Crippen LogP contribution in [-0.2, 0) is 14.4 Å². The van der Waals surface area contributed by atoms with Crippen LogP contribution in [0.4, 0.5) is 14.5 Å². The Bertz CT molecular complexity index is 1370. The number of alkyl halides is 2. The van der Waals surface area contributed by atoms with Crippen molar-refractivity contribution in [2.24, 2.45) is 28.1 Å². The number of carbonyl (C=O) groups is 2. The monoisotopic (exact) mass is 538 g/mol. The third-order valence-electron chi connectivity index (χ3n) is 11.2. The summed E-state index contributed by atoms with van der Waals surface area (Å²) in [5, 5.41) is 32.5. The van der Waals surface area contributed by atoms with Crippen molar-refractivity contribution in [3.63, 3.8) is 0 Å². The summed E-state index contributed by atoms with van der Waals surface area (Å²) in [6, 6.07) is 8.76. The van der Waals surface area contributed by atoms with Gasteiger partial charge in [-0.3, -0.25) is 19.5 Å². The lowest BCUT2D eigenvalue weighted by atomic mass is 9.39. The largest absolute Gasteiger partial charge is 0.390 e. The first-order chi connectivity index (χ1) is 18.3. The molecule has 0 amide bonds. The number of benzene rings is 1. The van der Waals surface area contributed by atoms with Crippen molar-refractivity contribution in [1.82, 2.24) is 0 Å². The molecular weight excluding hydrogens is 506 g/mol. The average molecular weight is 539 g/mol. The number of ketones is 2. The molecule has 9 atom stereocenters. The van der Waals surface area contributed by atoms with E-state index in [1.165, 1.54) is 12.2 Å². The molecule has 7 nitrogen and oxygen atoms in total. The number of Topliss-reactive ketones (excluding diaryl/α,β-unsaturated/α-hetero) is 1. The van der Waals surface area contributed by atoms with Gasteiger partial charge in [-0.2, -0.15) is 5.26 Å². The maximum Gasteiger partial charge on any atom is 0.193 e. The zero-order chi connectivity index (χ0) is 28.2. The molecule has 1 heterocycles. The van der Waals surface area contributed by atoms with Crippen LogP contribution in [0.15, 0.2) is 48.1 Å². The quantitative estimate of drug-likeness (QED) is 0.606. The molecule has 1 aromatic carbocycles.